The van der Waals surface area contributed by atoms with E-state index in [-0.39, 0.29) is 5.91 Å². The van der Waals surface area contributed by atoms with Gasteiger partial charge in [-0.15, -0.1) is 0 Å². The van der Waals surface area contributed by atoms with Crippen LogP contribution in [0.5, 0.6) is 0 Å². The zero-order valence-corrected chi connectivity index (χ0v) is 14.4. The normalized spacial score (nSPS) is 18.5. The third kappa shape index (κ3) is 4.55. The SMILES string of the molecule is CC(=O)NC[C@H]1CCCN(Cc2nc(-c3ccc(Cl)cc3)no2)C1. The summed E-state index contributed by atoms with van der Waals surface area (Å²) in [6.45, 7) is 4.86. The minimum absolute atomic E-state index is 0.0247. The lowest BCUT2D eigenvalue weighted by Crippen LogP contribution is -2.40. The van der Waals surface area contributed by atoms with E-state index in [1.54, 1.807) is 6.92 Å². The number of hydrogen-bond donors (Lipinski definition) is 1. The van der Waals surface area contributed by atoms with E-state index in [1.807, 2.05) is 24.3 Å². The van der Waals surface area contributed by atoms with E-state index in [0.29, 0.717) is 29.2 Å². The molecule has 1 aliphatic rings. The summed E-state index contributed by atoms with van der Waals surface area (Å²) < 4.78 is 5.38. The molecular formula is C17H21ClN4O2. The smallest absolute Gasteiger partial charge is 0.241 e. The molecule has 6 nitrogen and oxygen atoms in total. The maximum atomic E-state index is 11.1. The lowest BCUT2D eigenvalue weighted by Gasteiger charge is -2.31. The van der Waals surface area contributed by atoms with Gasteiger partial charge in [0.05, 0.1) is 6.54 Å². The number of carbonyl (C=O) groups excluding carboxylic acids is 1. The second-order valence-electron chi connectivity index (χ2n) is 6.20. The number of nitrogens with one attached hydrogen (secondary N) is 1. The number of benzene rings is 1. The fourth-order valence-electron chi connectivity index (χ4n) is 2.98. The molecule has 1 N–H and O–H groups in total. The summed E-state index contributed by atoms with van der Waals surface area (Å²) in [5.74, 6) is 1.69. The van der Waals surface area contributed by atoms with Gasteiger partial charge in [0.2, 0.25) is 17.6 Å². The Bertz CT molecular complexity index is 686. The largest absolute Gasteiger partial charge is 0.356 e. The molecule has 1 amide bonds. The lowest BCUT2D eigenvalue weighted by atomic mass is 9.98. The summed E-state index contributed by atoms with van der Waals surface area (Å²) in [4.78, 5) is 17.8. The highest BCUT2D eigenvalue weighted by Crippen LogP contribution is 2.21. The van der Waals surface area contributed by atoms with Crippen LogP contribution in [0.15, 0.2) is 28.8 Å². The van der Waals surface area contributed by atoms with Gasteiger partial charge in [-0.25, -0.2) is 0 Å². The van der Waals surface area contributed by atoms with Crippen LogP contribution in [0.1, 0.15) is 25.7 Å². The molecule has 0 radical (unpaired) electrons. The maximum absolute atomic E-state index is 11.1. The number of amides is 1. The van der Waals surface area contributed by atoms with Crippen LogP contribution < -0.4 is 5.32 Å². The van der Waals surface area contributed by atoms with Gasteiger partial charge in [0.1, 0.15) is 0 Å². The minimum atomic E-state index is 0.0247. The second-order valence-corrected chi connectivity index (χ2v) is 6.64. The van der Waals surface area contributed by atoms with Crippen molar-refractivity contribution in [1.82, 2.24) is 20.4 Å². The highest BCUT2D eigenvalue weighted by Gasteiger charge is 2.22. The van der Waals surface area contributed by atoms with Crippen LogP contribution in [0.3, 0.4) is 0 Å². The van der Waals surface area contributed by atoms with E-state index >= 15 is 0 Å². The molecule has 0 unspecified atom stereocenters. The molecule has 1 aliphatic heterocycles. The highest BCUT2D eigenvalue weighted by atomic mass is 35.5. The molecule has 24 heavy (non-hydrogen) atoms. The number of rotatable bonds is 5. The van der Waals surface area contributed by atoms with Crippen LogP contribution in [-0.4, -0.2) is 40.6 Å². The highest BCUT2D eigenvalue weighted by molar-refractivity contribution is 6.30. The fraction of sp³-hybridized carbons (Fsp3) is 0.471. The Morgan fingerprint density at radius 1 is 1.42 bits per heavy atom. The van der Waals surface area contributed by atoms with Crippen molar-refractivity contribution < 1.29 is 9.32 Å². The fourth-order valence-corrected chi connectivity index (χ4v) is 3.10. The number of nitrogens with zero attached hydrogens (tertiary/aromatic N) is 3. The average molecular weight is 349 g/mol. The van der Waals surface area contributed by atoms with Crippen molar-refractivity contribution in [3.05, 3.63) is 35.2 Å². The molecular weight excluding hydrogens is 328 g/mol. The molecule has 3 rings (SSSR count). The van der Waals surface area contributed by atoms with Crippen LogP contribution >= 0.6 is 11.6 Å². The zero-order chi connectivity index (χ0) is 16.9. The Kier molecular flexibility index (Phi) is 5.48. The summed E-state index contributed by atoms with van der Waals surface area (Å²) >= 11 is 5.89. The third-order valence-electron chi connectivity index (χ3n) is 4.17. The van der Waals surface area contributed by atoms with Gasteiger partial charge in [0.15, 0.2) is 0 Å². The molecule has 0 saturated carbocycles. The number of carbonyl (C=O) groups is 1. The van der Waals surface area contributed by atoms with Crippen LogP contribution in [0.2, 0.25) is 5.02 Å². The number of hydrogen-bond acceptors (Lipinski definition) is 5. The van der Waals surface area contributed by atoms with E-state index in [9.17, 15) is 4.79 Å². The van der Waals surface area contributed by atoms with Crippen LogP contribution in [0.25, 0.3) is 11.4 Å². The van der Waals surface area contributed by atoms with E-state index < -0.39 is 0 Å². The number of halogens is 1. The first-order chi connectivity index (χ1) is 11.6. The number of likely N-dealkylation sites (tertiary alicyclic amines) is 1. The van der Waals surface area contributed by atoms with Crippen molar-refractivity contribution in [2.75, 3.05) is 19.6 Å². The van der Waals surface area contributed by atoms with Gasteiger partial charge in [0, 0.05) is 30.6 Å². The minimum Gasteiger partial charge on any atom is -0.356 e. The van der Waals surface area contributed by atoms with E-state index in [1.165, 1.54) is 0 Å². The number of piperidine rings is 1. The predicted molar refractivity (Wildman–Crippen MR) is 91.4 cm³/mol. The molecule has 0 bridgehead atoms. The van der Waals surface area contributed by atoms with Gasteiger partial charge in [-0.05, 0) is 49.6 Å². The van der Waals surface area contributed by atoms with Crippen molar-refractivity contribution in [3.63, 3.8) is 0 Å². The van der Waals surface area contributed by atoms with Crippen LogP contribution in [-0.2, 0) is 11.3 Å². The molecule has 2 heterocycles. The first-order valence-electron chi connectivity index (χ1n) is 8.15. The van der Waals surface area contributed by atoms with Crippen molar-refractivity contribution >= 4 is 17.5 Å². The first-order valence-corrected chi connectivity index (χ1v) is 8.53. The molecule has 1 saturated heterocycles. The Morgan fingerprint density at radius 3 is 2.96 bits per heavy atom. The monoisotopic (exact) mass is 348 g/mol. The molecule has 2 aromatic rings. The Hall–Kier alpha value is -1.92. The molecule has 0 aliphatic carbocycles. The summed E-state index contributed by atoms with van der Waals surface area (Å²) in [5.41, 5.74) is 0.886. The van der Waals surface area contributed by atoms with Gasteiger partial charge in [-0.1, -0.05) is 16.8 Å². The quantitative estimate of drug-likeness (QED) is 0.899. The average Bonchev–Trinajstić information content (AvgIpc) is 3.02. The van der Waals surface area contributed by atoms with Gasteiger partial charge < -0.3 is 9.84 Å². The van der Waals surface area contributed by atoms with Crippen LogP contribution in [0.4, 0.5) is 0 Å². The second kappa shape index (κ2) is 7.77. The maximum Gasteiger partial charge on any atom is 0.241 e. The third-order valence-corrected chi connectivity index (χ3v) is 4.42. The van der Waals surface area contributed by atoms with Gasteiger partial charge in [0.25, 0.3) is 0 Å². The molecule has 1 fully saturated rings. The zero-order valence-electron chi connectivity index (χ0n) is 13.7. The van der Waals surface area contributed by atoms with Gasteiger partial charge in [-0.2, -0.15) is 4.98 Å². The Labute approximate surface area is 146 Å². The molecule has 0 spiro atoms. The number of aromatic nitrogens is 2. The van der Waals surface area contributed by atoms with Crippen LogP contribution in [0, 0.1) is 5.92 Å². The predicted octanol–water partition coefficient (Wildman–Crippen LogP) is 2.74. The summed E-state index contributed by atoms with van der Waals surface area (Å²) in [6, 6.07) is 7.37. The standard InChI is InChI=1S/C17H21ClN4O2/c1-12(23)19-9-13-3-2-8-22(10-13)11-16-20-17(21-24-16)14-4-6-15(18)7-5-14/h4-7,13H,2-3,8-11H2,1H3,(H,19,23)/t13-/m1/s1. The summed E-state index contributed by atoms with van der Waals surface area (Å²) in [5, 5.41) is 7.63. The van der Waals surface area contributed by atoms with Crippen molar-refractivity contribution in [2.24, 2.45) is 5.92 Å². The summed E-state index contributed by atoms with van der Waals surface area (Å²) in [6.07, 6.45) is 2.25. The van der Waals surface area contributed by atoms with E-state index in [2.05, 4.69) is 20.4 Å². The molecule has 1 aromatic carbocycles. The first kappa shape index (κ1) is 16.9. The Balaban J connectivity index is 1.58. The lowest BCUT2D eigenvalue weighted by molar-refractivity contribution is -0.119. The van der Waals surface area contributed by atoms with Gasteiger partial charge in [-0.3, -0.25) is 9.69 Å². The molecule has 7 heteroatoms. The summed E-state index contributed by atoms with van der Waals surface area (Å²) in [7, 11) is 0. The molecule has 128 valence electrons. The topological polar surface area (TPSA) is 71.3 Å². The van der Waals surface area contributed by atoms with Crippen molar-refractivity contribution in [1.29, 1.82) is 0 Å². The van der Waals surface area contributed by atoms with Crippen molar-refractivity contribution in [3.8, 4) is 11.4 Å². The van der Waals surface area contributed by atoms with Crippen molar-refractivity contribution in [2.45, 2.75) is 26.3 Å². The molecule has 1 aromatic heterocycles. The van der Waals surface area contributed by atoms with Gasteiger partial charge >= 0.3 is 0 Å². The van der Waals surface area contributed by atoms with E-state index in [0.717, 1.165) is 38.0 Å². The van der Waals surface area contributed by atoms with E-state index in [4.69, 9.17) is 16.1 Å². The molecule has 1 atom stereocenters. The Morgan fingerprint density at radius 2 is 2.21 bits per heavy atom.